The molecular weight excluding hydrogens is 473 g/mol. The summed E-state index contributed by atoms with van der Waals surface area (Å²) in [7, 11) is 0. The number of halogens is 2. The molecule has 0 aliphatic heterocycles. The third-order valence-corrected chi connectivity index (χ3v) is 5.94. The minimum atomic E-state index is -0.397. The quantitative estimate of drug-likeness (QED) is 0.210. The first-order valence-electron chi connectivity index (χ1n) is 11.6. The Bertz CT molecular complexity index is 1100. The highest BCUT2D eigenvalue weighted by molar-refractivity contribution is 6.36. The number of nitrogens with two attached hydrogens (primary N) is 1. The number of carbonyl (C=O) groups is 1. The Kier molecular flexibility index (Phi) is 9.81. The highest BCUT2D eigenvalue weighted by Crippen LogP contribution is 2.30. The first kappa shape index (κ1) is 26.1. The van der Waals surface area contributed by atoms with Crippen molar-refractivity contribution in [1.82, 2.24) is 9.97 Å². The number of ether oxygens (including phenoxy) is 2. The van der Waals surface area contributed by atoms with Crippen LogP contribution in [-0.2, 0) is 11.2 Å². The average Bonchev–Trinajstić information content (AvgIpc) is 3.27. The van der Waals surface area contributed by atoms with Crippen LogP contribution >= 0.6 is 23.2 Å². The number of hydrogen-bond acceptors (Lipinski definition) is 5. The van der Waals surface area contributed by atoms with Crippen LogP contribution in [0.15, 0.2) is 42.6 Å². The predicted molar refractivity (Wildman–Crippen MR) is 137 cm³/mol. The zero-order chi connectivity index (χ0) is 24.5. The van der Waals surface area contributed by atoms with Gasteiger partial charge >= 0.3 is 5.97 Å². The first-order valence-corrected chi connectivity index (χ1v) is 12.4. The molecule has 3 rings (SSSR count). The second kappa shape index (κ2) is 12.8. The standard InChI is InChI=1S/C26H31Cl2N3O3/c1-3-5-11-33-24-10-7-17(13-20(24)26(32)34-12-6-4-2)22(29)15-25-30-16-23(31-25)19-9-8-18(27)14-21(19)28/h7-10,13-14,16,22H,3-6,11-12,15,29H2,1-2H3,(H,30,31). The van der Waals surface area contributed by atoms with E-state index in [1.54, 1.807) is 30.5 Å². The van der Waals surface area contributed by atoms with Gasteiger partial charge in [-0.25, -0.2) is 9.78 Å². The first-order chi connectivity index (χ1) is 16.4. The van der Waals surface area contributed by atoms with E-state index in [9.17, 15) is 4.79 Å². The van der Waals surface area contributed by atoms with Crippen LogP contribution in [0.4, 0.5) is 0 Å². The number of H-pyrrole nitrogens is 1. The number of imidazole rings is 1. The molecule has 182 valence electrons. The number of carbonyl (C=O) groups excluding carboxylic acids is 1. The van der Waals surface area contributed by atoms with E-state index >= 15 is 0 Å². The van der Waals surface area contributed by atoms with Crippen molar-refractivity contribution in [3.8, 4) is 17.0 Å². The summed E-state index contributed by atoms with van der Waals surface area (Å²) in [5.41, 5.74) is 9.18. The number of aromatic amines is 1. The third kappa shape index (κ3) is 6.98. The fraction of sp³-hybridized carbons (Fsp3) is 0.385. The van der Waals surface area contributed by atoms with Gasteiger partial charge in [0.1, 0.15) is 17.1 Å². The van der Waals surface area contributed by atoms with E-state index in [1.165, 1.54) is 0 Å². The lowest BCUT2D eigenvalue weighted by Crippen LogP contribution is -2.16. The molecule has 8 heteroatoms. The van der Waals surface area contributed by atoms with Crippen molar-refractivity contribution in [2.75, 3.05) is 13.2 Å². The van der Waals surface area contributed by atoms with Crippen LogP contribution in [-0.4, -0.2) is 29.2 Å². The van der Waals surface area contributed by atoms with Gasteiger partial charge in [0, 0.05) is 29.2 Å². The maximum atomic E-state index is 12.7. The molecule has 1 aromatic heterocycles. The molecule has 1 heterocycles. The number of nitrogens with one attached hydrogen (secondary N) is 1. The molecule has 0 amide bonds. The maximum absolute atomic E-state index is 12.7. The average molecular weight is 504 g/mol. The van der Waals surface area contributed by atoms with Gasteiger partial charge in [0.05, 0.1) is 23.9 Å². The van der Waals surface area contributed by atoms with E-state index < -0.39 is 5.97 Å². The predicted octanol–water partition coefficient (Wildman–Crippen LogP) is 6.76. The Morgan fingerprint density at radius 3 is 2.59 bits per heavy atom. The topological polar surface area (TPSA) is 90.2 Å². The van der Waals surface area contributed by atoms with E-state index in [0.29, 0.717) is 52.5 Å². The summed E-state index contributed by atoms with van der Waals surface area (Å²) < 4.78 is 11.3. The molecule has 0 spiro atoms. The van der Waals surface area contributed by atoms with E-state index in [0.717, 1.165) is 36.8 Å². The van der Waals surface area contributed by atoms with Crippen molar-refractivity contribution in [2.24, 2.45) is 5.73 Å². The van der Waals surface area contributed by atoms with Gasteiger partial charge in [-0.2, -0.15) is 0 Å². The molecule has 0 saturated carbocycles. The zero-order valence-electron chi connectivity index (χ0n) is 19.6. The highest BCUT2D eigenvalue weighted by Gasteiger charge is 2.19. The van der Waals surface area contributed by atoms with Crippen LogP contribution in [0.1, 0.15) is 67.3 Å². The molecule has 2 aromatic carbocycles. The highest BCUT2D eigenvalue weighted by atomic mass is 35.5. The number of hydrogen-bond donors (Lipinski definition) is 2. The summed E-state index contributed by atoms with van der Waals surface area (Å²) in [5.74, 6) is 0.832. The minimum Gasteiger partial charge on any atom is -0.493 e. The Labute approximate surface area is 210 Å². The van der Waals surface area contributed by atoms with E-state index in [2.05, 4.69) is 16.9 Å². The minimum absolute atomic E-state index is 0.377. The van der Waals surface area contributed by atoms with Crippen LogP contribution in [0, 0.1) is 0 Å². The van der Waals surface area contributed by atoms with Crippen molar-refractivity contribution in [1.29, 1.82) is 0 Å². The molecule has 0 aliphatic rings. The Morgan fingerprint density at radius 1 is 1.09 bits per heavy atom. The Balaban J connectivity index is 1.77. The Hall–Kier alpha value is -2.54. The molecule has 1 unspecified atom stereocenters. The van der Waals surface area contributed by atoms with Crippen LogP contribution in [0.5, 0.6) is 5.75 Å². The van der Waals surface area contributed by atoms with E-state index in [1.807, 2.05) is 19.1 Å². The van der Waals surface area contributed by atoms with Crippen LogP contribution in [0.3, 0.4) is 0 Å². The van der Waals surface area contributed by atoms with Crippen molar-refractivity contribution in [2.45, 2.75) is 52.0 Å². The van der Waals surface area contributed by atoms with Crippen LogP contribution < -0.4 is 10.5 Å². The van der Waals surface area contributed by atoms with Crippen molar-refractivity contribution < 1.29 is 14.3 Å². The molecule has 0 fully saturated rings. The molecular formula is C26H31Cl2N3O3. The van der Waals surface area contributed by atoms with Crippen molar-refractivity contribution in [3.63, 3.8) is 0 Å². The molecule has 34 heavy (non-hydrogen) atoms. The fourth-order valence-electron chi connectivity index (χ4n) is 3.40. The molecule has 3 aromatic rings. The van der Waals surface area contributed by atoms with Crippen LogP contribution in [0.25, 0.3) is 11.3 Å². The third-order valence-electron chi connectivity index (χ3n) is 5.39. The molecule has 0 bridgehead atoms. The molecule has 3 N–H and O–H groups in total. The number of benzene rings is 2. The fourth-order valence-corrected chi connectivity index (χ4v) is 3.91. The monoisotopic (exact) mass is 503 g/mol. The summed E-state index contributed by atoms with van der Waals surface area (Å²) in [5, 5.41) is 1.09. The molecule has 0 radical (unpaired) electrons. The SMILES string of the molecule is CCCCOC(=O)c1cc(C(N)Cc2nc(-c3ccc(Cl)cc3Cl)c[nH]2)ccc1OCCCC. The van der Waals surface area contributed by atoms with Gasteiger partial charge in [-0.1, -0.05) is 56.0 Å². The van der Waals surface area contributed by atoms with Gasteiger partial charge in [-0.05, 0) is 48.7 Å². The van der Waals surface area contributed by atoms with Gasteiger partial charge in [0.25, 0.3) is 0 Å². The molecule has 1 atom stereocenters. The number of aromatic nitrogens is 2. The summed E-state index contributed by atoms with van der Waals surface area (Å²) >= 11 is 12.3. The largest absolute Gasteiger partial charge is 0.493 e. The lowest BCUT2D eigenvalue weighted by Gasteiger charge is -2.16. The van der Waals surface area contributed by atoms with Crippen molar-refractivity contribution >= 4 is 29.2 Å². The number of unbranched alkanes of at least 4 members (excludes halogenated alkanes) is 2. The normalized spacial score (nSPS) is 11.9. The number of nitrogens with zero attached hydrogens (tertiary/aromatic N) is 1. The van der Waals surface area contributed by atoms with Crippen molar-refractivity contribution in [3.05, 3.63) is 69.6 Å². The lowest BCUT2D eigenvalue weighted by atomic mass is 10.0. The zero-order valence-corrected chi connectivity index (χ0v) is 21.1. The van der Waals surface area contributed by atoms with Gasteiger partial charge in [-0.15, -0.1) is 0 Å². The van der Waals surface area contributed by atoms with E-state index in [-0.39, 0.29) is 6.04 Å². The second-order valence-electron chi connectivity index (χ2n) is 8.11. The summed E-state index contributed by atoms with van der Waals surface area (Å²) in [4.78, 5) is 20.5. The maximum Gasteiger partial charge on any atom is 0.341 e. The summed E-state index contributed by atoms with van der Waals surface area (Å²) in [6.07, 6.45) is 5.92. The van der Waals surface area contributed by atoms with Gasteiger partial charge in [0.15, 0.2) is 0 Å². The van der Waals surface area contributed by atoms with Gasteiger partial charge in [0.2, 0.25) is 0 Å². The summed E-state index contributed by atoms with van der Waals surface area (Å²) in [6.45, 7) is 5.06. The number of rotatable bonds is 12. The number of esters is 1. The van der Waals surface area contributed by atoms with Gasteiger partial charge < -0.3 is 20.2 Å². The molecule has 0 saturated heterocycles. The summed E-state index contributed by atoms with van der Waals surface area (Å²) in [6, 6.07) is 10.3. The smallest absolute Gasteiger partial charge is 0.341 e. The van der Waals surface area contributed by atoms with Gasteiger partial charge in [-0.3, -0.25) is 0 Å². The Morgan fingerprint density at radius 2 is 1.85 bits per heavy atom. The molecule has 0 aliphatic carbocycles. The van der Waals surface area contributed by atoms with Crippen LogP contribution in [0.2, 0.25) is 10.0 Å². The lowest BCUT2D eigenvalue weighted by molar-refractivity contribution is 0.0495. The molecule has 6 nitrogen and oxygen atoms in total. The van der Waals surface area contributed by atoms with E-state index in [4.69, 9.17) is 38.4 Å². The second-order valence-corrected chi connectivity index (χ2v) is 8.96.